The van der Waals surface area contributed by atoms with Crippen molar-refractivity contribution in [2.24, 2.45) is 0 Å². The van der Waals surface area contributed by atoms with Gasteiger partial charge in [0.05, 0.1) is 0 Å². The van der Waals surface area contributed by atoms with Crippen molar-refractivity contribution in [3.05, 3.63) is 65.5 Å². The van der Waals surface area contributed by atoms with Gasteiger partial charge in [0.25, 0.3) is 0 Å². The van der Waals surface area contributed by atoms with Gasteiger partial charge in [-0.05, 0) is 18.2 Å². The maximum Gasteiger partial charge on any atom is 0.313 e. The number of benzene rings is 2. The molecule has 0 bridgehead atoms. The second kappa shape index (κ2) is 5.54. The second-order valence-corrected chi connectivity index (χ2v) is 5.52. The molecular weight excluding hydrogens is 293 g/mol. The summed E-state index contributed by atoms with van der Waals surface area (Å²) in [6.45, 7) is 0. The lowest BCUT2D eigenvalue weighted by atomic mass is 10.2. The lowest BCUT2D eigenvalue weighted by molar-refractivity contribution is 0.470. The molecule has 2 aromatic carbocycles. The van der Waals surface area contributed by atoms with Crippen LogP contribution in [-0.4, -0.2) is 8.42 Å². The molecule has 0 unspecified atom stereocenters. The summed E-state index contributed by atoms with van der Waals surface area (Å²) in [5, 5.41) is 0. The molecule has 0 saturated carbocycles. The standard InChI is InChI=1S/C13H9F3O3S/c14-11-4-2-1-3-9(11)8-20(17,18)19-10-5-6-12(15)13(16)7-10/h1-7H,8H2. The van der Waals surface area contributed by atoms with Crippen LogP contribution in [0.3, 0.4) is 0 Å². The van der Waals surface area contributed by atoms with E-state index in [-0.39, 0.29) is 11.3 Å². The van der Waals surface area contributed by atoms with Gasteiger partial charge in [0.15, 0.2) is 11.6 Å². The Balaban J connectivity index is 2.19. The molecule has 0 radical (unpaired) electrons. The van der Waals surface area contributed by atoms with Crippen molar-refractivity contribution < 1.29 is 25.8 Å². The van der Waals surface area contributed by atoms with E-state index in [1.54, 1.807) is 0 Å². The highest BCUT2D eigenvalue weighted by Gasteiger charge is 2.17. The summed E-state index contributed by atoms with van der Waals surface area (Å²) in [5.41, 5.74) is -0.0740. The minimum Gasteiger partial charge on any atom is -0.382 e. The zero-order valence-corrected chi connectivity index (χ0v) is 10.8. The topological polar surface area (TPSA) is 43.4 Å². The second-order valence-electron chi connectivity index (χ2n) is 3.95. The summed E-state index contributed by atoms with van der Waals surface area (Å²) in [4.78, 5) is 0. The molecule has 0 aromatic heterocycles. The zero-order chi connectivity index (χ0) is 14.8. The van der Waals surface area contributed by atoms with Crippen molar-refractivity contribution >= 4 is 10.1 Å². The first-order valence-electron chi connectivity index (χ1n) is 5.48. The quantitative estimate of drug-likeness (QED) is 0.815. The number of hydrogen-bond acceptors (Lipinski definition) is 3. The molecule has 0 spiro atoms. The lowest BCUT2D eigenvalue weighted by Gasteiger charge is -2.08. The van der Waals surface area contributed by atoms with E-state index in [9.17, 15) is 21.6 Å². The first-order chi connectivity index (χ1) is 9.37. The molecule has 0 amide bonds. The van der Waals surface area contributed by atoms with Gasteiger partial charge in [0, 0.05) is 11.6 Å². The molecule has 3 nitrogen and oxygen atoms in total. The molecule has 0 aliphatic carbocycles. The summed E-state index contributed by atoms with van der Waals surface area (Å²) in [5.74, 6) is -4.13. The van der Waals surface area contributed by atoms with Crippen LogP contribution in [0, 0.1) is 17.5 Å². The van der Waals surface area contributed by atoms with Crippen LogP contribution in [0.2, 0.25) is 0 Å². The van der Waals surface area contributed by atoms with Gasteiger partial charge in [0.1, 0.15) is 17.3 Å². The van der Waals surface area contributed by atoms with Gasteiger partial charge >= 0.3 is 10.1 Å². The minimum atomic E-state index is -4.17. The fourth-order valence-corrected chi connectivity index (χ4v) is 2.58. The van der Waals surface area contributed by atoms with E-state index >= 15 is 0 Å². The zero-order valence-electron chi connectivity index (χ0n) is 10.0. The van der Waals surface area contributed by atoms with Crippen molar-refractivity contribution in [2.45, 2.75) is 5.75 Å². The third-order valence-electron chi connectivity index (χ3n) is 2.40. The molecular formula is C13H9F3O3S. The smallest absolute Gasteiger partial charge is 0.313 e. The third kappa shape index (κ3) is 3.51. The van der Waals surface area contributed by atoms with E-state index in [1.165, 1.54) is 18.2 Å². The van der Waals surface area contributed by atoms with Gasteiger partial charge in [-0.25, -0.2) is 13.2 Å². The lowest BCUT2D eigenvalue weighted by Crippen LogP contribution is -2.13. The van der Waals surface area contributed by atoms with Crippen LogP contribution in [0.15, 0.2) is 42.5 Å². The van der Waals surface area contributed by atoms with Gasteiger partial charge in [0.2, 0.25) is 0 Å². The highest BCUT2D eigenvalue weighted by atomic mass is 32.2. The first kappa shape index (κ1) is 14.4. The average molecular weight is 302 g/mol. The maximum absolute atomic E-state index is 13.3. The van der Waals surface area contributed by atoms with Crippen LogP contribution in [-0.2, 0) is 15.9 Å². The normalized spacial score (nSPS) is 11.3. The van der Waals surface area contributed by atoms with Crippen LogP contribution < -0.4 is 4.18 Å². The van der Waals surface area contributed by atoms with Crippen molar-refractivity contribution in [2.75, 3.05) is 0 Å². The summed E-state index contributed by atoms with van der Waals surface area (Å²) in [6, 6.07) is 7.62. The van der Waals surface area contributed by atoms with Gasteiger partial charge in [-0.3, -0.25) is 0 Å². The molecule has 0 heterocycles. The molecule has 20 heavy (non-hydrogen) atoms. The Morgan fingerprint density at radius 2 is 1.60 bits per heavy atom. The Morgan fingerprint density at radius 3 is 2.25 bits per heavy atom. The molecule has 0 aliphatic rings. The van der Waals surface area contributed by atoms with E-state index in [0.29, 0.717) is 6.07 Å². The first-order valence-corrected chi connectivity index (χ1v) is 7.06. The van der Waals surface area contributed by atoms with Crippen LogP contribution in [0.1, 0.15) is 5.56 Å². The van der Waals surface area contributed by atoms with Crippen LogP contribution in [0.5, 0.6) is 5.75 Å². The Kier molecular flexibility index (Phi) is 3.99. The Hall–Kier alpha value is -2.02. The molecule has 0 aliphatic heterocycles. The summed E-state index contributed by atoms with van der Waals surface area (Å²) in [7, 11) is -4.17. The Labute approximate surface area is 113 Å². The molecule has 7 heteroatoms. The number of halogens is 3. The van der Waals surface area contributed by atoms with E-state index in [1.807, 2.05) is 0 Å². The predicted octanol–water partition coefficient (Wildman–Crippen LogP) is 3.01. The summed E-state index contributed by atoms with van der Waals surface area (Å²) < 4.78 is 67.0. The SMILES string of the molecule is O=S(=O)(Cc1ccccc1F)Oc1ccc(F)c(F)c1. The largest absolute Gasteiger partial charge is 0.382 e. The van der Waals surface area contributed by atoms with Crippen LogP contribution in [0.4, 0.5) is 13.2 Å². The maximum atomic E-state index is 13.3. The summed E-state index contributed by atoms with van der Waals surface area (Å²) in [6.07, 6.45) is 0. The molecule has 0 N–H and O–H groups in total. The highest BCUT2D eigenvalue weighted by Crippen LogP contribution is 2.19. The van der Waals surface area contributed by atoms with Crippen molar-refractivity contribution in [3.63, 3.8) is 0 Å². The van der Waals surface area contributed by atoms with E-state index in [0.717, 1.165) is 18.2 Å². The van der Waals surface area contributed by atoms with Gasteiger partial charge < -0.3 is 4.18 Å². The highest BCUT2D eigenvalue weighted by molar-refractivity contribution is 7.86. The average Bonchev–Trinajstić information content (AvgIpc) is 2.36. The van der Waals surface area contributed by atoms with Gasteiger partial charge in [-0.2, -0.15) is 8.42 Å². The van der Waals surface area contributed by atoms with Gasteiger partial charge in [-0.1, -0.05) is 18.2 Å². The molecule has 106 valence electrons. The van der Waals surface area contributed by atoms with E-state index in [2.05, 4.69) is 4.18 Å². The Morgan fingerprint density at radius 1 is 0.900 bits per heavy atom. The van der Waals surface area contributed by atoms with E-state index < -0.39 is 33.3 Å². The molecule has 0 fully saturated rings. The predicted molar refractivity (Wildman–Crippen MR) is 66.0 cm³/mol. The van der Waals surface area contributed by atoms with Crippen molar-refractivity contribution in [1.82, 2.24) is 0 Å². The van der Waals surface area contributed by atoms with Crippen LogP contribution >= 0.6 is 0 Å². The fraction of sp³-hybridized carbons (Fsp3) is 0.0769. The number of rotatable bonds is 4. The van der Waals surface area contributed by atoms with Gasteiger partial charge in [-0.15, -0.1) is 0 Å². The molecule has 0 saturated heterocycles. The summed E-state index contributed by atoms with van der Waals surface area (Å²) >= 11 is 0. The molecule has 2 rings (SSSR count). The minimum absolute atomic E-state index is 0.0740. The van der Waals surface area contributed by atoms with Crippen molar-refractivity contribution in [1.29, 1.82) is 0 Å². The van der Waals surface area contributed by atoms with Crippen molar-refractivity contribution in [3.8, 4) is 5.75 Å². The fourth-order valence-electron chi connectivity index (χ4n) is 1.51. The third-order valence-corrected chi connectivity index (χ3v) is 3.52. The molecule has 2 aromatic rings. The van der Waals surface area contributed by atoms with E-state index in [4.69, 9.17) is 0 Å². The molecule has 0 atom stereocenters. The Bertz CT molecular complexity index is 729. The van der Waals surface area contributed by atoms with Crippen LogP contribution in [0.25, 0.3) is 0 Å². The number of hydrogen-bond donors (Lipinski definition) is 0. The monoisotopic (exact) mass is 302 g/mol.